The molecule has 0 unspecified atom stereocenters. The van der Waals surface area contributed by atoms with E-state index in [4.69, 9.17) is 0 Å². The Morgan fingerprint density at radius 2 is 2.22 bits per heavy atom. The molecule has 0 aliphatic rings. The van der Waals surface area contributed by atoms with Gasteiger partial charge in [0, 0.05) is 0 Å². The van der Waals surface area contributed by atoms with Gasteiger partial charge in [-0.3, -0.25) is 0 Å². The summed E-state index contributed by atoms with van der Waals surface area (Å²) < 4.78 is 0. The molecule has 0 atom stereocenters. The lowest BCUT2D eigenvalue weighted by Gasteiger charge is -1.94. The maximum Gasteiger partial charge on any atom is -0.0124 e. The van der Waals surface area contributed by atoms with E-state index in [1.54, 1.807) is 0 Å². The van der Waals surface area contributed by atoms with Gasteiger partial charge in [0.05, 0.1) is 0 Å². The van der Waals surface area contributed by atoms with Crippen molar-refractivity contribution in [1.82, 2.24) is 0 Å². The summed E-state index contributed by atoms with van der Waals surface area (Å²) in [6.07, 6.45) is 2.06. The smallest absolute Gasteiger partial charge is 0.0124 e. The largest absolute Gasteiger partial charge is 0.0617 e. The normalized spacial score (nSPS) is 9.56. The molecule has 0 aromatic heterocycles. The van der Waals surface area contributed by atoms with E-state index in [1.165, 1.54) is 5.56 Å². The molecule has 0 saturated heterocycles. The van der Waals surface area contributed by atoms with Crippen molar-refractivity contribution in [1.29, 1.82) is 0 Å². The zero-order chi connectivity index (χ0) is 6.69. The second-order valence-electron chi connectivity index (χ2n) is 2.03. The Bertz CT molecular complexity index is 189. The summed E-state index contributed by atoms with van der Waals surface area (Å²) in [6.45, 7) is 5.83. The second kappa shape index (κ2) is 2.67. The summed E-state index contributed by atoms with van der Waals surface area (Å²) in [7, 11) is 0. The lowest BCUT2D eigenvalue weighted by molar-refractivity contribution is 1.41. The molecule has 0 heterocycles. The molecule has 0 fully saturated rings. The first-order valence-corrected chi connectivity index (χ1v) is 3.04. The van der Waals surface area contributed by atoms with Crippen LogP contribution in [0.2, 0.25) is 0 Å². The Kier molecular flexibility index (Phi) is 1.88. The fourth-order valence-corrected chi connectivity index (χ4v) is 0.773. The molecule has 0 heteroatoms. The van der Waals surface area contributed by atoms with Crippen LogP contribution in [0, 0.1) is 13.3 Å². The van der Waals surface area contributed by atoms with Crippen molar-refractivity contribution in [2.24, 2.45) is 0 Å². The van der Waals surface area contributed by atoms with Gasteiger partial charge in [-0.25, -0.2) is 0 Å². The number of hydrogen-bond acceptors (Lipinski definition) is 0. The van der Waals surface area contributed by atoms with Crippen LogP contribution >= 0.6 is 0 Å². The molecule has 0 spiro atoms. The summed E-state index contributed by atoms with van der Waals surface area (Å²) in [6, 6.07) is 8.12. The molecule has 0 aliphatic carbocycles. The highest BCUT2D eigenvalue weighted by molar-refractivity contribution is 5.29. The predicted molar refractivity (Wildman–Crippen MR) is 40.0 cm³/mol. The molecule has 2 radical (unpaired) electrons. The first-order chi connectivity index (χ1) is 4.33. The van der Waals surface area contributed by atoms with Crippen LogP contribution in [0.3, 0.4) is 0 Å². The molecule has 1 aromatic rings. The zero-order valence-corrected chi connectivity index (χ0v) is 5.59. The van der Waals surface area contributed by atoms with Crippen molar-refractivity contribution in [2.75, 3.05) is 0 Å². The van der Waals surface area contributed by atoms with Crippen molar-refractivity contribution in [3.8, 4) is 0 Å². The minimum Gasteiger partial charge on any atom is -0.0617 e. The highest BCUT2D eigenvalue weighted by Crippen LogP contribution is 2.04. The van der Waals surface area contributed by atoms with Gasteiger partial charge in [-0.1, -0.05) is 31.2 Å². The lowest BCUT2D eigenvalue weighted by Crippen LogP contribution is -1.76. The molecule has 1 rings (SSSR count). The number of rotatable bonds is 1. The molecule has 0 nitrogen and oxygen atoms in total. The van der Waals surface area contributed by atoms with Crippen LogP contribution in [0.5, 0.6) is 0 Å². The van der Waals surface area contributed by atoms with E-state index in [2.05, 4.69) is 25.5 Å². The molecule has 0 N–H and O–H groups in total. The first-order valence-electron chi connectivity index (χ1n) is 3.04. The molecule has 1 aromatic carbocycles. The second-order valence-corrected chi connectivity index (χ2v) is 2.03. The van der Waals surface area contributed by atoms with Gasteiger partial charge in [0.25, 0.3) is 0 Å². The third-order valence-electron chi connectivity index (χ3n) is 1.28. The van der Waals surface area contributed by atoms with E-state index in [9.17, 15) is 0 Å². The molecule has 9 heavy (non-hydrogen) atoms. The minimum atomic E-state index is 1.07. The van der Waals surface area contributed by atoms with E-state index < -0.39 is 0 Å². The maximum absolute atomic E-state index is 3.81. The van der Waals surface area contributed by atoms with Crippen molar-refractivity contribution >= 4 is 0 Å². The van der Waals surface area contributed by atoms with E-state index >= 15 is 0 Å². The average molecular weight is 118 g/mol. The highest BCUT2D eigenvalue weighted by atomic mass is 13.9. The van der Waals surface area contributed by atoms with Gasteiger partial charge in [0.15, 0.2) is 0 Å². The van der Waals surface area contributed by atoms with Crippen LogP contribution in [-0.2, 0) is 0 Å². The van der Waals surface area contributed by atoms with Crippen LogP contribution in [0.15, 0.2) is 24.3 Å². The van der Waals surface area contributed by atoms with Crippen LogP contribution < -0.4 is 0 Å². The van der Waals surface area contributed by atoms with Gasteiger partial charge in [-0.2, -0.15) is 0 Å². The molecule has 0 amide bonds. The maximum atomic E-state index is 3.81. The fraction of sp³-hybridized carbons (Fsp3) is 0.111. The van der Waals surface area contributed by atoms with E-state index in [-0.39, 0.29) is 0 Å². The molecule has 46 valence electrons. The molecular weight excluding hydrogens is 108 g/mol. The Labute approximate surface area is 56.5 Å². The van der Waals surface area contributed by atoms with Crippen molar-refractivity contribution < 1.29 is 0 Å². The number of hydrogen-bond donors (Lipinski definition) is 0. The summed E-state index contributed by atoms with van der Waals surface area (Å²) in [4.78, 5) is 0. The van der Waals surface area contributed by atoms with Crippen molar-refractivity contribution in [2.45, 2.75) is 6.92 Å². The van der Waals surface area contributed by atoms with E-state index in [0.717, 1.165) is 5.56 Å². The third kappa shape index (κ3) is 1.56. The van der Waals surface area contributed by atoms with Gasteiger partial charge in [0.2, 0.25) is 0 Å². The van der Waals surface area contributed by atoms with Crippen molar-refractivity contribution in [3.63, 3.8) is 0 Å². The van der Waals surface area contributed by atoms with Crippen LogP contribution in [0.4, 0.5) is 0 Å². The fourth-order valence-electron chi connectivity index (χ4n) is 0.773. The lowest BCUT2D eigenvalue weighted by atomic mass is 10.1. The van der Waals surface area contributed by atoms with Gasteiger partial charge in [-0.15, -0.1) is 0 Å². The van der Waals surface area contributed by atoms with Crippen molar-refractivity contribution in [3.05, 3.63) is 48.7 Å². The molecule has 0 bridgehead atoms. The summed E-state index contributed by atoms with van der Waals surface area (Å²) >= 11 is 0. The Morgan fingerprint density at radius 1 is 1.44 bits per heavy atom. The van der Waals surface area contributed by atoms with Gasteiger partial charge in [-0.05, 0) is 24.5 Å². The zero-order valence-electron chi connectivity index (χ0n) is 5.59. The van der Waals surface area contributed by atoms with Gasteiger partial charge in [0.1, 0.15) is 0 Å². The SMILES string of the molecule is [CH2]c1cccc([CH]C)c1. The van der Waals surface area contributed by atoms with Crippen LogP contribution in [0.25, 0.3) is 0 Å². The summed E-state index contributed by atoms with van der Waals surface area (Å²) in [5, 5.41) is 0. The molecular formula is C9H10. The molecule has 0 aliphatic heterocycles. The summed E-state index contributed by atoms with van der Waals surface area (Å²) in [5.41, 5.74) is 2.31. The summed E-state index contributed by atoms with van der Waals surface area (Å²) in [5.74, 6) is 0. The minimum absolute atomic E-state index is 1.07. The van der Waals surface area contributed by atoms with Crippen LogP contribution in [-0.4, -0.2) is 0 Å². The standard InChI is InChI=1S/C9H10/c1-3-9-6-4-5-8(2)7-9/h3-7H,2H2,1H3. The third-order valence-corrected chi connectivity index (χ3v) is 1.28. The monoisotopic (exact) mass is 118 g/mol. The van der Waals surface area contributed by atoms with E-state index in [0.29, 0.717) is 0 Å². The molecule has 0 saturated carbocycles. The quantitative estimate of drug-likeness (QED) is 0.531. The van der Waals surface area contributed by atoms with Crippen LogP contribution in [0.1, 0.15) is 18.1 Å². The predicted octanol–water partition coefficient (Wildman–Crippen LogP) is 2.44. The average Bonchev–Trinajstić information content (AvgIpc) is 1.88. The highest BCUT2D eigenvalue weighted by Gasteiger charge is 1.86. The topological polar surface area (TPSA) is 0 Å². The Morgan fingerprint density at radius 3 is 2.67 bits per heavy atom. The first kappa shape index (κ1) is 6.34. The Hall–Kier alpha value is -0.780. The van der Waals surface area contributed by atoms with Gasteiger partial charge >= 0.3 is 0 Å². The Balaban J connectivity index is 2.94. The number of benzene rings is 1. The van der Waals surface area contributed by atoms with E-state index in [1.807, 2.05) is 19.1 Å². The van der Waals surface area contributed by atoms with Gasteiger partial charge < -0.3 is 0 Å².